The van der Waals surface area contributed by atoms with Crippen LogP contribution >= 0.6 is 0 Å². The monoisotopic (exact) mass is 278 g/mol. The SMILES string of the molecule is CC1(C)CN(CC(CN)c2ccccc2)CC(CO)O1. The van der Waals surface area contributed by atoms with Crippen LogP contribution in [0.25, 0.3) is 0 Å². The average Bonchev–Trinajstić information content (AvgIpc) is 2.44. The summed E-state index contributed by atoms with van der Waals surface area (Å²) in [5.74, 6) is 0.324. The summed E-state index contributed by atoms with van der Waals surface area (Å²) in [4.78, 5) is 2.36. The fourth-order valence-electron chi connectivity index (χ4n) is 3.00. The van der Waals surface area contributed by atoms with E-state index in [2.05, 4.69) is 43.0 Å². The number of benzene rings is 1. The molecule has 2 rings (SSSR count). The van der Waals surface area contributed by atoms with Crippen molar-refractivity contribution in [1.82, 2.24) is 4.90 Å². The second-order valence-corrected chi connectivity index (χ2v) is 6.22. The summed E-state index contributed by atoms with van der Waals surface area (Å²) in [7, 11) is 0. The first-order valence-electron chi connectivity index (χ1n) is 7.30. The lowest BCUT2D eigenvalue weighted by Gasteiger charge is -2.43. The van der Waals surface area contributed by atoms with Crippen molar-refractivity contribution in [2.75, 3.05) is 32.8 Å². The van der Waals surface area contributed by atoms with Crippen LogP contribution in [0.1, 0.15) is 25.3 Å². The van der Waals surface area contributed by atoms with E-state index in [4.69, 9.17) is 10.5 Å². The molecule has 20 heavy (non-hydrogen) atoms. The van der Waals surface area contributed by atoms with Gasteiger partial charge in [0.25, 0.3) is 0 Å². The molecule has 112 valence electrons. The van der Waals surface area contributed by atoms with Crippen LogP contribution in [-0.4, -0.2) is 54.5 Å². The molecular weight excluding hydrogens is 252 g/mol. The summed E-state index contributed by atoms with van der Waals surface area (Å²) in [5.41, 5.74) is 7.01. The number of aliphatic hydroxyl groups is 1. The zero-order valence-electron chi connectivity index (χ0n) is 12.5. The fourth-order valence-corrected chi connectivity index (χ4v) is 3.00. The number of nitrogens with zero attached hydrogens (tertiary/aromatic N) is 1. The van der Waals surface area contributed by atoms with Crippen molar-refractivity contribution in [2.24, 2.45) is 5.73 Å². The highest BCUT2D eigenvalue weighted by molar-refractivity contribution is 5.20. The second-order valence-electron chi connectivity index (χ2n) is 6.22. The predicted octanol–water partition coefficient (Wildman–Crippen LogP) is 1.20. The van der Waals surface area contributed by atoms with Crippen LogP contribution in [0.3, 0.4) is 0 Å². The Balaban J connectivity index is 2.03. The number of hydrogen-bond donors (Lipinski definition) is 2. The van der Waals surface area contributed by atoms with Crippen LogP contribution in [0, 0.1) is 0 Å². The largest absolute Gasteiger partial charge is 0.394 e. The Kier molecular flexibility index (Phi) is 5.16. The highest BCUT2D eigenvalue weighted by Crippen LogP contribution is 2.24. The maximum Gasteiger partial charge on any atom is 0.0940 e. The molecule has 0 saturated carbocycles. The molecule has 0 aliphatic carbocycles. The van der Waals surface area contributed by atoms with E-state index in [1.165, 1.54) is 5.56 Å². The summed E-state index contributed by atoms with van der Waals surface area (Å²) in [5, 5.41) is 9.37. The van der Waals surface area contributed by atoms with E-state index in [-0.39, 0.29) is 18.3 Å². The van der Waals surface area contributed by atoms with Gasteiger partial charge in [-0.3, -0.25) is 4.90 Å². The van der Waals surface area contributed by atoms with E-state index in [9.17, 15) is 5.11 Å². The van der Waals surface area contributed by atoms with Crippen molar-refractivity contribution >= 4 is 0 Å². The van der Waals surface area contributed by atoms with Crippen molar-refractivity contribution < 1.29 is 9.84 Å². The number of hydrogen-bond acceptors (Lipinski definition) is 4. The summed E-state index contributed by atoms with van der Waals surface area (Å²) >= 11 is 0. The van der Waals surface area contributed by atoms with E-state index < -0.39 is 0 Å². The minimum absolute atomic E-state index is 0.0680. The molecule has 0 spiro atoms. The van der Waals surface area contributed by atoms with Gasteiger partial charge in [-0.25, -0.2) is 0 Å². The second kappa shape index (κ2) is 6.68. The highest BCUT2D eigenvalue weighted by atomic mass is 16.5. The third kappa shape index (κ3) is 4.03. The van der Waals surface area contributed by atoms with E-state index in [1.54, 1.807) is 0 Å². The molecule has 0 bridgehead atoms. The number of morpholine rings is 1. The lowest BCUT2D eigenvalue weighted by atomic mass is 9.97. The molecule has 1 aliphatic heterocycles. The number of nitrogens with two attached hydrogens (primary N) is 1. The normalized spacial score (nSPS) is 24.5. The Labute approximate surface area is 121 Å². The lowest BCUT2D eigenvalue weighted by Crippen LogP contribution is -2.54. The summed E-state index contributed by atoms with van der Waals surface area (Å²) in [6.45, 7) is 7.38. The Morgan fingerprint density at radius 1 is 1.40 bits per heavy atom. The summed E-state index contributed by atoms with van der Waals surface area (Å²) in [6.07, 6.45) is -0.104. The van der Waals surface area contributed by atoms with Crippen LogP contribution in [0.2, 0.25) is 0 Å². The molecule has 2 atom stereocenters. The molecule has 1 aliphatic rings. The Bertz CT molecular complexity index is 408. The van der Waals surface area contributed by atoms with Crippen LogP contribution in [0.5, 0.6) is 0 Å². The first-order valence-corrected chi connectivity index (χ1v) is 7.30. The fraction of sp³-hybridized carbons (Fsp3) is 0.625. The van der Waals surface area contributed by atoms with Crippen LogP contribution in [0.15, 0.2) is 30.3 Å². The lowest BCUT2D eigenvalue weighted by molar-refractivity contribution is -0.149. The van der Waals surface area contributed by atoms with E-state index in [1.807, 2.05) is 6.07 Å². The Morgan fingerprint density at radius 2 is 2.10 bits per heavy atom. The van der Waals surface area contributed by atoms with Crippen LogP contribution in [0.4, 0.5) is 0 Å². The highest BCUT2D eigenvalue weighted by Gasteiger charge is 2.33. The standard InChI is InChI=1S/C16H26N2O2/c1-16(2)12-18(10-15(11-19)20-16)9-14(8-17)13-6-4-3-5-7-13/h3-7,14-15,19H,8-12,17H2,1-2H3. The van der Waals surface area contributed by atoms with Gasteiger partial charge in [0.15, 0.2) is 0 Å². The van der Waals surface area contributed by atoms with Crippen LogP contribution in [-0.2, 0) is 4.74 Å². The molecule has 3 N–H and O–H groups in total. The topological polar surface area (TPSA) is 58.7 Å². The van der Waals surface area contributed by atoms with Crippen molar-refractivity contribution in [3.63, 3.8) is 0 Å². The van der Waals surface area contributed by atoms with Gasteiger partial charge in [0.2, 0.25) is 0 Å². The zero-order chi connectivity index (χ0) is 14.6. The predicted molar refractivity (Wildman–Crippen MR) is 80.7 cm³/mol. The molecule has 4 heteroatoms. The Hall–Kier alpha value is -0.940. The van der Waals surface area contributed by atoms with Gasteiger partial charge in [-0.05, 0) is 19.4 Å². The molecule has 1 fully saturated rings. The van der Waals surface area contributed by atoms with Gasteiger partial charge in [-0.1, -0.05) is 30.3 Å². The summed E-state index contributed by atoms with van der Waals surface area (Å²) in [6, 6.07) is 10.4. The minimum atomic E-state index is -0.221. The molecule has 4 nitrogen and oxygen atoms in total. The van der Waals surface area contributed by atoms with Crippen molar-refractivity contribution in [3.05, 3.63) is 35.9 Å². The van der Waals surface area contributed by atoms with Gasteiger partial charge in [0, 0.05) is 32.1 Å². The van der Waals surface area contributed by atoms with E-state index >= 15 is 0 Å². The quantitative estimate of drug-likeness (QED) is 0.850. The molecule has 1 aromatic rings. The smallest absolute Gasteiger partial charge is 0.0940 e. The third-order valence-corrected chi connectivity index (χ3v) is 3.79. The maximum absolute atomic E-state index is 9.37. The molecule has 2 unspecified atom stereocenters. The molecule has 0 radical (unpaired) electrons. The van der Waals surface area contributed by atoms with Gasteiger partial charge in [-0.2, -0.15) is 0 Å². The van der Waals surface area contributed by atoms with Gasteiger partial charge in [0.1, 0.15) is 0 Å². The zero-order valence-corrected chi connectivity index (χ0v) is 12.5. The van der Waals surface area contributed by atoms with E-state index in [0.717, 1.165) is 19.6 Å². The van der Waals surface area contributed by atoms with Gasteiger partial charge in [0.05, 0.1) is 18.3 Å². The van der Waals surface area contributed by atoms with Gasteiger partial charge < -0.3 is 15.6 Å². The van der Waals surface area contributed by atoms with E-state index in [0.29, 0.717) is 12.5 Å². The number of rotatable bonds is 5. The minimum Gasteiger partial charge on any atom is -0.394 e. The first kappa shape index (κ1) is 15.4. The molecule has 1 heterocycles. The Morgan fingerprint density at radius 3 is 2.70 bits per heavy atom. The average molecular weight is 278 g/mol. The van der Waals surface area contributed by atoms with Gasteiger partial charge in [-0.15, -0.1) is 0 Å². The van der Waals surface area contributed by atoms with Crippen molar-refractivity contribution in [1.29, 1.82) is 0 Å². The maximum atomic E-state index is 9.37. The number of aliphatic hydroxyl groups excluding tert-OH is 1. The third-order valence-electron chi connectivity index (χ3n) is 3.79. The summed E-state index contributed by atoms with van der Waals surface area (Å²) < 4.78 is 5.85. The van der Waals surface area contributed by atoms with Crippen molar-refractivity contribution in [2.45, 2.75) is 31.5 Å². The molecular formula is C16H26N2O2. The molecule has 0 aromatic heterocycles. The van der Waals surface area contributed by atoms with Crippen LogP contribution < -0.4 is 5.73 Å². The molecule has 0 amide bonds. The molecule has 1 saturated heterocycles. The first-order chi connectivity index (χ1) is 9.54. The number of ether oxygens (including phenoxy) is 1. The van der Waals surface area contributed by atoms with Gasteiger partial charge >= 0.3 is 0 Å². The van der Waals surface area contributed by atoms with Crippen molar-refractivity contribution in [3.8, 4) is 0 Å². The molecule has 1 aromatic carbocycles.